The number of pyridine rings is 2. The second kappa shape index (κ2) is 9.38. The number of nitrogens with zero attached hydrogens (tertiary/aromatic N) is 3. The molecule has 0 spiro atoms. The zero-order valence-electron chi connectivity index (χ0n) is 17.5. The Morgan fingerprint density at radius 1 is 1.00 bits per heavy atom. The molecule has 0 saturated carbocycles. The molecule has 0 bridgehead atoms. The molecule has 31 heavy (non-hydrogen) atoms. The SMILES string of the molecule is Cc1nc2ccccn2c1C(=O)NCCCCCC(=O)Nc1cccc2cccnc12. The molecule has 158 valence electrons. The maximum atomic E-state index is 12.5. The first-order valence-electron chi connectivity index (χ1n) is 10.5. The van der Waals surface area contributed by atoms with Crippen molar-refractivity contribution in [1.29, 1.82) is 0 Å². The third-order valence-electron chi connectivity index (χ3n) is 5.19. The van der Waals surface area contributed by atoms with Crippen molar-refractivity contribution in [2.45, 2.75) is 32.6 Å². The highest BCUT2D eigenvalue weighted by molar-refractivity contribution is 6.00. The first-order chi connectivity index (χ1) is 15.1. The molecule has 3 heterocycles. The lowest BCUT2D eigenvalue weighted by Gasteiger charge is -2.08. The highest BCUT2D eigenvalue weighted by atomic mass is 16.2. The third kappa shape index (κ3) is 4.71. The molecule has 0 saturated heterocycles. The number of carbonyl (C=O) groups is 2. The van der Waals surface area contributed by atoms with Crippen LogP contribution in [-0.4, -0.2) is 32.7 Å². The van der Waals surface area contributed by atoms with Gasteiger partial charge in [-0.25, -0.2) is 4.98 Å². The van der Waals surface area contributed by atoms with Gasteiger partial charge in [-0.2, -0.15) is 0 Å². The van der Waals surface area contributed by atoms with Crippen LogP contribution in [0.15, 0.2) is 60.9 Å². The minimum Gasteiger partial charge on any atom is -0.351 e. The van der Waals surface area contributed by atoms with Crippen molar-refractivity contribution in [3.63, 3.8) is 0 Å². The van der Waals surface area contributed by atoms with Gasteiger partial charge in [0.05, 0.1) is 16.9 Å². The molecule has 3 aromatic heterocycles. The van der Waals surface area contributed by atoms with E-state index in [1.165, 1.54) is 0 Å². The van der Waals surface area contributed by atoms with Crippen LogP contribution >= 0.6 is 0 Å². The fraction of sp³-hybridized carbons (Fsp3) is 0.250. The largest absolute Gasteiger partial charge is 0.351 e. The Morgan fingerprint density at radius 3 is 2.77 bits per heavy atom. The Labute approximate surface area is 180 Å². The van der Waals surface area contributed by atoms with E-state index in [-0.39, 0.29) is 11.8 Å². The minimum absolute atomic E-state index is 0.0245. The van der Waals surface area contributed by atoms with Crippen LogP contribution in [0.1, 0.15) is 41.9 Å². The van der Waals surface area contributed by atoms with Crippen LogP contribution in [0.5, 0.6) is 0 Å². The smallest absolute Gasteiger partial charge is 0.270 e. The number of benzene rings is 1. The normalized spacial score (nSPS) is 11.0. The second-order valence-corrected chi connectivity index (χ2v) is 7.47. The average Bonchev–Trinajstić information content (AvgIpc) is 3.12. The number of hydrogen-bond acceptors (Lipinski definition) is 4. The highest BCUT2D eigenvalue weighted by Gasteiger charge is 2.15. The van der Waals surface area contributed by atoms with Gasteiger partial charge in [-0.1, -0.05) is 30.7 Å². The lowest BCUT2D eigenvalue weighted by molar-refractivity contribution is -0.116. The molecule has 0 aliphatic carbocycles. The van der Waals surface area contributed by atoms with Gasteiger partial charge in [0, 0.05) is 30.7 Å². The van der Waals surface area contributed by atoms with Crippen LogP contribution in [0.2, 0.25) is 0 Å². The van der Waals surface area contributed by atoms with Crippen LogP contribution in [-0.2, 0) is 4.79 Å². The third-order valence-corrected chi connectivity index (χ3v) is 5.19. The Kier molecular flexibility index (Phi) is 6.21. The number of aryl methyl sites for hydroxylation is 1. The predicted octanol–water partition coefficient (Wildman–Crippen LogP) is 4.12. The number of para-hydroxylation sites is 1. The summed E-state index contributed by atoms with van der Waals surface area (Å²) in [5.74, 6) is -0.152. The van der Waals surface area contributed by atoms with E-state index >= 15 is 0 Å². The van der Waals surface area contributed by atoms with Gasteiger partial charge in [0.2, 0.25) is 5.91 Å². The minimum atomic E-state index is -0.127. The zero-order valence-corrected chi connectivity index (χ0v) is 17.5. The van der Waals surface area contributed by atoms with Crippen molar-refractivity contribution in [2.24, 2.45) is 0 Å². The van der Waals surface area contributed by atoms with E-state index in [0.717, 1.165) is 41.5 Å². The van der Waals surface area contributed by atoms with Crippen molar-refractivity contribution in [1.82, 2.24) is 19.7 Å². The number of carbonyl (C=O) groups excluding carboxylic acids is 2. The molecule has 7 nitrogen and oxygen atoms in total. The molecular formula is C24H25N5O2. The number of rotatable bonds is 8. The van der Waals surface area contributed by atoms with Crippen molar-refractivity contribution < 1.29 is 9.59 Å². The summed E-state index contributed by atoms with van der Waals surface area (Å²) in [5, 5.41) is 6.91. The summed E-state index contributed by atoms with van der Waals surface area (Å²) in [6, 6.07) is 15.3. The van der Waals surface area contributed by atoms with E-state index in [9.17, 15) is 9.59 Å². The number of unbranched alkanes of at least 4 members (excludes halogenated alkanes) is 2. The van der Waals surface area contributed by atoms with Crippen molar-refractivity contribution in [3.05, 3.63) is 72.3 Å². The number of nitrogens with one attached hydrogen (secondary N) is 2. The molecule has 0 atom stereocenters. The summed E-state index contributed by atoms with van der Waals surface area (Å²) >= 11 is 0. The van der Waals surface area contributed by atoms with Gasteiger partial charge in [-0.3, -0.25) is 19.0 Å². The van der Waals surface area contributed by atoms with Gasteiger partial charge in [0.1, 0.15) is 11.3 Å². The number of anilines is 1. The van der Waals surface area contributed by atoms with Crippen LogP contribution in [0, 0.1) is 6.92 Å². The molecule has 2 amide bonds. The average molecular weight is 415 g/mol. The van der Waals surface area contributed by atoms with Crippen LogP contribution < -0.4 is 10.6 Å². The summed E-state index contributed by atoms with van der Waals surface area (Å²) in [5.41, 5.74) is 3.57. The quantitative estimate of drug-likeness (QED) is 0.424. The Morgan fingerprint density at radius 2 is 1.87 bits per heavy atom. The molecule has 0 radical (unpaired) electrons. The first kappa shape index (κ1) is 20.5. The summed E-state index contributed by atoms with van der Waals surface area (Å²) in [4.78, 5) is 33.6. The predicted molar refractivity (Wildman–Crippen MR) is 121 cm³/mol. The van der Waals surface area contributed by atoms with Crippen molar-refractivity contribution >= 4 is 34.1 Å². The molecular weight excluding hydrogens is 390 g/mol. The molecule has 2 N–H and O–H groups in total. The molecule has 4 rings (SSSR count). The monoisotopic (exact) mass is 415 g/mol. The Bertz CT molecular complexity index is 1230. The number of hydrogen-bond donors (Lipinski definition) is 2. The van der Waals surface area contributed by atoms with Gasteiger partial charge in [-0.05, 0) is 44.0 Å². The first-order valence-corrected chi connectivity index (χ1v) is 10.5. The van der Waals surface area contributed by atoms with E-state index in [2.05, 4.69) is 20.6 Å². The lowest BCUT2D eigenvalue weighted by atomic mass is 10.1. The summed E-state index contributed by atoms with van der Waals surface area (Å²) in [6.07, 6.45) is 6.42. The van der Waals surface area contributed by atoms with E-state index in [4.69, 9.17) is 0 Å². The summed E-state index contributed by atoms with van der Waals surface area (Å²) < 4.78 is 1.80. The van der Waals surface area contributed by atoms with Crippen LogP contribution in [0.3, 0.4) is 0 Å². The number of fused-ring (bicyclic) bond motifs is 2. The van der Waals surface area contributed by atoms with Crippen molar-refractivity contribution in [3.8, 4) is 0 Å². The van der Waals surface area contributed by atoms with Gasteiger partial charge >= 0.3 is 0 Å². The van der Waals surface area contributed by atoms with Gasteiger partial charge in [-0.15, -0.1) is 0 Å². The Balaban J connectivity index is 1.20. The van der Waals surface area contributed by atoms with Gasteiger partial charge in [0.15, 0.2) is 0 Å². The number of imidazole rings is 1. The maximum Gasteiger partial charge on any atom is 0.270 e. The van der Waals surface area contributed by atoms with E-state index in [1.807, 2.05) is 61.7 Å². The standard InChI is InChI=1S/C24H25N5O2/c1-17-23(29-16-6-4-12-20(29)27-17)24(31)26-14-5-2-3-13-21(30)28-19-11-7-9-18-10-8-15-25-22(18)19/h4,6-12,15-16H,2-3,5,13-14H2,1H3,(H,26,31)(H,28,30). The molecule has 7 heteroatoms. The van der Waals surface area contributed by atoms with Crippen LogP contribution in [0.4, 0.5) is 5.69 Å². The lowest BCUT2D eigenvalue weighted by Crippen LogP contribution is -2.26. The molecule has 1 aromatic carbocycles. The van der Waals surface area contributed by atoms with Gasteiger partial charge < -0.3 is 10.6 Å². The van der Waals surface area contributed by atoms with Gasteiger partial charge in [0.25, 0.3) is 5.91 Å². The van der Waals surface area contributed by atoms with Crippen LogP contribution in [0.25, 0.3) is 16.6 Å². The van der Waals surface area contributed by atoms with Crippen molar-refractivity contribution in [2.75, 3.05) is 11.9 Å². The second-order valence-electron chi connectivity index (χ2n) is 7.47. The number of amides is 2. The van der Waals surface area contributed by atoms with E-state index in [1.54, 1.807) is 10.6 Å². The van der Waals surface area contributed by atoms with E-state index in [0.29, 0.717) is 24.4 Å². The molecule has 0 fully saturated rings. The molecule has 0 unspecified atom stereocenters. The zero-order chi connectivity index (χ0) is 21.6. The molecule has 0 aliphatic heterocycles. The highest BCUT2D eigenvalue weighted by Crippen LogP contribution is 2.21. The fourth-order valence-electron chi connectivity index (χ4n) is 3.68. The molecule has 0 aliphatic rings. The maximum absolute atomic E-state index is 12.5. The van der Waals surface area contributed by atoms with E-state index < -0.39 is 0 Å². The summed E-state index contributed by atoms with van der Waals surface area (Å²) in [7, 11) is 0. The number of aromatic nitrogens is 3. The fourth-order valence-corrected chi connectivity index (χ4v) is 3.68. The molecule has 4 aromatic rings. The summed E-state index contributed by atoms with van der Waals surface area (Å²) in [6.45, 7) is 2.40. The Hall–Kier alpha value is -3.74. The topological polar surface area (TPSA) is 88.4 Å².